The monoisotopic (exact) mass is 765 g/mol. The number of unbranched alkanes of at least 4 members (excludes halogenated alkanes) is 20. The van der Waals surface area contributed by atoms with Gasteiger partial charge >= 0.3 is 0 Å². The zero-order valence-corrected chi connectivity index (χ0v) is 37.2. The zero-order valence-electron chi connectivity index (χ0n) is 37.2. The SMILES string of the molecule is CCCCCCCCCCCCCC(CC)(COc1ccc(Cc2ccc(OCC(CC)(CCCCCCCCCCCCC)OCC)cc2)cc1)OCC. The van der Waals surface area contributed by atoms with Crippen molar-refractivity contribution in [1.82, 2.24) is 0 Å². The number of benzene rings is 2. The molecule has 0 aliphatic carbocycles. The van der Waals surface area contributed by atoms with Gasteiger partial charge in [0.15, 0.2) is 0 Å². The Morgan fingerprint density at radius 3 is 0.927 bits per heavy atom. The molecular formula is C51H88O4. The fraction of sp³-hybridized carbons (Fsp3) is 0.765. The summed E-state index contributed by atoms with van der Waals surface area (Å²) in [6.45, 7) is 16.0. The maximum Gasteiger partial charge on any atom is 0.119 e. The number of ether oxygens (including phenoxy) is 4. The van der Waals surface area contributed by atoms with Crippen molar-refractivity contribution in [1.29, 1.82) is 0 Å². The first kappa shape index (κ1) is 49.1. The Kier molecular flexibility index (Phi) is 28.6. The Bertz CT molecular complexity index is 1040. The van der Waals surface area contributed by atoms with E-state index in [0.717, 1.165) is 56.8 Å². The second-order valence-electron chi connectivity index (χ2n) is 16.6. The third-order valence-electron chi connectivity index (χ3n) is 11.9. The Balaban J connectivity index is 1.74. The smallest absolute Gasteiger partial charge is 0.119 e. The molecule has 2 aromatic rings. The van der Waals surface area contributed by atoms with Gasteiger partial charge in [-0.2, -0.15) is 0 Å². The number of hydrogen-bond donors (Lipinski definition) is 0. The van der Waals surface area contributed by atoms with E-state index in [9.17, 15) is 0 Å². The molecule has 55 heavy (non-hydrogen) atoms. The lowest BCUT2D eigenvalue weighted by Gasteiger charge is -2.32. The lowest BCUT2D eigenvalue weighted by molar-refractivity contribution is -0.0775. The maximum absolute atomic E-state index is 6.38. The molecule has 0 saturated heterocycles. The van der Waals surface area contributed by atoms with Crippen molar-refractivity contribution in [3.05, 3.63) is 59.7 Å². The first-order chi connectivity index (χ1) is 27.0. The molecule has 0 saturated carbocycles. The topological polar surface area (TPSA) is 36.9 Å². The van der Waals surface area contributed by atoms with Gasteiger partial charge in [-0.1, -0.05) is 193 Å². The average molecular weight is 765 g/mol. The summed E-state index contributed by atoms with van der Waals surface area (Å²) in [4.78, 5) is 0. The first-order valence-corrected chi connectivity index (χ1v) is 23.7. The normalized spacial score (nSPS) is 13.8. The van der Waals surface area contributed by atoms with Crippen molar-refractivity contribution in [2.75, 3.05) is 26.4 Å². The van der Waals surface area contributed by atoms with Crippen molar-refractivity contribution >= 4 is 0 Å². The predicted molar refractivity (Wildman–Crippen MR) is 238 cm³/mol. The van der Waals surface area contributed by atoms with Gasteiger partial charge in [-0.25, -0.2) is 0 Å². The predicted octanol–water partition coefficient (Wildman–Crippen LogP) is 15.8. The second-order valence-corrected chi connectivity index (χ2v) is 16.6. The van der Waals surface area contributed by atoms with Gasteiger partial charge in [0.25, 0.3) is 0 Å². The van der Waals surface area contributed by atoms with Crippen LogP contribution in [0.3, 0.4) is 0 Å². The van der Waals surface area contributed by atoms with E-state index in [1.165, 1.54) is 152 Å². The van der Waals surface area contributed by atoms with Crippen LogP contribution in [0.2, 0.25) is 0 Å². The molecule has 0 heterocycles. The summed E-state index contributed by atoms with van der Waals surface area (Å²) in [5, 5.41) is 0. The molecule has 0 fully saturated rings. The van der Waals surface area contributed by atoms with E-state index in [4.69, 9.17) is 18.9 Å². The van der Waals surface area contributed by atoms with Gasteiger partial charge in [-0.15, -0.1) is 0 Å². The fourth-order valence-electron chi connectivity index (χ4n) is 8.04. The number of hydrogen-bond acceptors (Lipinski definition) is 4. The van der Waals surface area contributed by atoms with Gasteiger partial charge in [0, 0.05) is 13.2 Å². The Hall–Kier alpha value is -2.04. The summed E-state index contributed by atoms with van der Waals surface area (Å²) < 4.78 is 25.5. The van der Waals surface area contributed by atoms with Crippen molar-refractivity contribution in [2.45, 2.75) is 226 Å². The molecule has 0 amide bonds. The molecule has 4 heteroatoms. The van der Waals surface area contributed by atoms with Crippen molar-refractivity contribution in [3.8, 4) is 11.5 Å². The van der Waals surface area contributed by atoms with Gasteiger partial charge in [0.05, 0.1) is 0 Å². The molecule has 0 aliphatic rings. The van der Waals surface area contributed by atoms with Crippen LogP contribution in [0.5, 0.6) is 11.5 Å². The van der Waals surface area contributed by atoms with Crippen molar-refractivity contribution in [3.63, 3.8) is 0 Å². The highest BCUT2D eigenvalue weighted by atomic mass is 16.5. The van der Waals surface area contributed by atoms with E-state index in [0.29, 0.717) is 13.2 Å². The van der Waals surface area contributed by atoms with Crippen LogP contribution in [0.1, 0.15) is 220 Å². The minimum absolute atomic E-state index is 0.206. The van der Waals surface area contributed by atoms with Crippen LogP contribution in [-0.4, -0.2) is 37.6 Å². The summed E-state index contributed by atoms with van der Waals surface area (Å²) in [5.41, 5.74) is 2.15. The molecule has 4 nitrogen and oxygen atoms in total. The van der Waals surface area contributed by atoms with E-state index in [1.807, 2.05) is 0 Å². The molecule has 2 atom stereocenters. The van der Waals surface area contributed by atoms with Gasteiger partial charge in [-0.05, 0) is 81.3 Å². The zero-order chi connectivity index (χ0) is 39.7. The maximum atomic E-state index is 6.38. The van der Waals surface area contributed by atoms with Crippen LogP contribution in [0.25, 0.3) is 0 Å². The average Bonchev–Trinajstić information content (AvgIpc) is 3.21. The third-order valence-corrected chi connectivity index (χ3v) is 11.9. The fourth-order valence-corrected chi connectivity index (χ4v) is 8.04. The van der Waals surface area contributed by atoms with Crippen LogP contribution in [0, 0.1) is 0 Å². The Labute approximate surface area is 341 Å². The highest BCUT2D eigenvalue weighted by Crippen LogP contribution is 2.29. The lowest BCUT2D eigenvalue weighted by Crippen LogP contribution is -2.38. The lowest BCUT2D eigenvalue weighted by atomic mass is 9.93. The van der Waals surface area contributed by atoms with Gasteiger partial charge in [0.1, 0.15) is 35.9 Å². The standard InChI is InChI=1S/C51H88O4/c1-7-13-15-17-19-21-23-25-27-29-31-41-50(9-3,54-11-5)44-52-48-37-33-46(34-38-48)43-47-35-39-49(40-36-47)53-45-51(10-4,55-12-6)42-32-30-28-26-24-22-20-18-16-14-8-2/h33-40H,7-32,41-45H2,1-6H3. The molecular weight excluding hydrogens is 677 g/mol. The minimum atomic E-state index is -0.206. The highest BCUT2D eigenvalue weighted by Gasteiger charge is 2.30. The Morgan fingerprint density at radius 1 is 0.364 bits per heavy atom. The second kappa shape index (κ2) is 32.0. The van der Waals surface area contributed by atoms with Crippen LogP contribution in [-0.2, 0) is 15.9 Å². The van der Waals surface area contributed by atoms with E-state index < -0.39 is 0 Å². The van der Waals surface area contributed by atoms with E-state index in [1.54, 1.807) is 0 Å². The third kappa shape index (κ3) is 22.5. The molecule has 0 aromatic heterocycles. The molecule has 0 N–H and O–H groups in total. The molecule has 0 bridgehead atoms. The largest absolute Gasteiger partial charge is 0.491 e. The summed E-state index contributed by atoms with van der Waals surface area (Å²) in [7, 11) is 0. The minimum Gasteiger partial charge on any atom is -0.491 e. The Morgan fingerprint density at radius 2 is 0.655 bits per heavy atom. The molecule has 0 aliphatic heterocycles. The van der Waals surface area contributed by atoms with Crippen LogP contribution < -0.4 is 9.47 Å². The van der Waals surface area contributed by atoms with E-state index in [2.05, 4.69) is 90.1 Å². The van der Waals surface area contributed by atoms with E-state index >= 15 is 0 Å². The highest BCUT2D eigenvalue weighted by molar-refractivity contribution is 5.34. The summed E-state index contributed by atoms with van der Waals surface area (Å²) in [6, 6.07) is 17.3. The van der Waals surface area contributed by atoms with Crippen molar-refractivity contribution < 1.29 is 18.9 Å². The van der Waals surface area contributed by atoms with Gasteiger partial charge < -0.3 is 18.9 Å². The molecule has 0 radical (unpaired) electrons. The quantitative estimate of drug-likeness (QED) is 0.0638. The van der Waals surface area contributed by atoms with Crippen molar-refractivity contribution in [2.24, 2.45) is 0 Å². The molecule has 2 rings (SSSR count). The summed E-state index contributed by atoms with van der Waals surface area (Å²) >= 11 is 0. The van der Waals surface area contributed by atoms with Gasteiger partial charge in [-0.3, -0.25) is 0 Å². The van der Waals surface area contributed by atoms with Crippen LogP contribution >= 0.6 is 0 Å². The van der Waals surface area contributed by atoms with Gasteiger partial charge in [0.2, 0.25) is 0 Å². The van der Waals surface area contributed by atoms with E-state index in [-0.39, 0.29) is 11.2 Å². The molecule has 316 valence electrons. The summed E-state index contributed by atoms with van der Waals surface area (Å²) in [6.07, 6.45) is 34.9. The first-order valence-electron chi connectivity index (χ1n) is 23.7. The number of rotatable bonds is 38. The summed E-state index contributed by atoms with van der Waals surface area (Å²) in [5.74, 6) is 1.84. The molecule has 0 spiro atoms. The van der Waals surface area contributed by atoms with Crippen LogP contribution in [0.15, 0.2) is 48.5 Å². The molecule has 2 unspecified atom stereocenters. The van der Waals surface area contributed by atoms with Crippen LogP contribution in [0.4, 0.5) is 0 Å². The molecule has 2 aromatic carbocycles.